The van der Waals surface area contributed by atoms with E-state index in [0.717, 1.165) is 40.8 Å². The van der Waals surface area contributed by atoms with Gasteiger partial charge in [-0.15, -0.1) is 10.2 Å². The summed E-state index contributed by atoms with van der Waals surface area (Å²) in [7, 11) is 0. The predicted octanol–water partition coefficient (Wildman–Crippen LogP) is 8.33. The summed E-state index contributed by atoms with van der Waals surface area (Å²) in [6.07, 6.45) is 8.13. The van der Waals surface area contributed by atoms with Crippen molar-refractivity contribution in [1.29, 1.82) is 0 Å². The summed E-state index contributed by atoms with van der Waals surface area (Å²) in [4.78, 5) is 13.2. The van der Waals surface area contributed by atoms with Gasteiger partial charge in [0.25, 0.3) is 0 Å². The standard InChI is InChI=1S/C34H42N4OS/c1-4-5-6-7-8-12-18-32(39)35-31(24-28-15-10-9-11-16-28)33-36-37-34(38(33)30-21-19-26(2)20-22-30)40-25-29-17-13-14-27(3)23-29/h9-11,13-17,19-23,31H,4-8,12,18,24-25H2,1-3H3,(H,35,39). The lowest BCUT2D eigenvalue weighted by atomic mass is 10.0. The van der Waals surface area contributed by atoms with Crippen LogP contribution in [-0.2, 0) is 17.0 Å². The van der Waals surface area contributed by atoms with Crippen molar-refractivity contribution in [2.45, 2.75) is 89.1 Å². The number of carbonyl (C=O) groups is 1. The first kappa shape index (κ1) is 29.6. The Hall–Kier alpha value is -3.38. The van der Waals surface area contributed by atoms with E-state index < -0.39 is 0 Å². The summed E-state index contributed by atoms with van der Waals surface area (Å²) < 4.78 is 2.12. The summed E-state index contributed by atoms with van der Waals surface area (Å²) >= 11 is 1.67. The largest absolute Gasteiger partial charge is 0.346 e. The average molecular weight is 555 g/mol. The van der Waals surface area contributed by atoms with Crippen molar-refractivity contribution in [3.05, 3.63) is 107 Å². The van der Waals surface area contributed by atoms with E-state index in [1.165, 1.54) is 42.4 Å². The minimum absolute atomic E-state index is 0.0730. The van der Waals surface area contributed by atoms with Crippen molar-refractivity contribution in [2.24, 2.45) is 0 Å². The fourth-order valence-electron chi connectivity index (χ4n) is 4.88. The quantitative estimate of drug-likeness (QED) is 0.119. The molecule has 3 aromatic carbocycles. The lowest BCUT2D eigenvalue weighted by molar-refractivity contribution is -0.122. The van der Waals surface area contributed by atoms with Crippen LogP contribution in [0.25, 0.3) is 5.69 Å². The van der Waals surface area contributed by atoms with Crippen LogP contribution in [0.5, 0.6) is 0 Å². The summed E-state index contributed by atoms with van der Waals surface area (Å²) in [6.45, 7) is 6.43. The highest BCUT2D eigenvalue weighted by Gasteiger charge is 2.25. The molecule has 4 rings (SSSR count). The Balaban J connectivity index is 1.60. The maximum absolute atomic E-state index is 13.2. The van der Waals surface area contributed by atoms with Crippen LogP contribution in [0.4, 0.5) is 0 Å². The zero-order chi connectivity index (χ0) is 28.2. The first-order valence-electron chi connectivity index (χ1n) is 14.6. The van der Waals surface area contributed by atoms with Gasteiger partial charge in [-0.25, -0.2) is 0 Å². The van der Waals surface area contributed by atoms with Crippen LogP contribution in [0, 0.1) is 13.8 Å². The second-order valence-electron chi connectivity index (χ2n) is 10.6. The van der Waals surface area contributed by atoms with E-state index in [9.17, 15) is 4.79 Å². The van der Waals surface area contributed by atoms with Gasteiger partial charge in [0.05, 0.1) is 6.04 Å². The molecule has 4 aromatic rings. The number of amides is 1. The molecule has 1 amide bonds. The van der Waals surface area contributed by atoms with Gasteiger partial charge in [-0.05, 0) is 49.9 Å². The number of hydrogen-bond acceptors (Lipinski definition) is 4. The van der Waals surface area contributed by atoms with Crippen molar-refractivity contribution < 1.29 is 4.79 Å². The molecule has 1 unspecified atom stereocenters. The van der Waals surface area contributed by atoms with E-state index >= 15 is 0 Å². The molecule has 6 heteroatoms. The van der Waals surface area contributed by atoms with Crippen molar-refractivity contribution in [3.63, 3.8) is 0 Å². The predicted molar refractivity (Wildman–Crippen MR) is 166 cm³/mol. The van der Waals surface area contributed by atoms with Gasteiger partial charge in [-0.1, -0.05) is 129 Å². The fraction of sp³-hybridized carbons (Fsp3) is 0.382. The Morgan fingerprint density at radius 2 is 1.55 bits per heavy atom. The van der Waals surface area contributed by atoms with Crippen LogP contribution in [0.1, 0.15) is 86.0 Å². The molecule has 0 bridgehead atoms. The van der Waals surface area contributed by atoms with Crippen LogP contribution in [0.15, 0.2) is 84.0 Å². The molecule has 0 radical (unpaired) electrons. The molecule has 1 heterocycles. The number of nitrogens with one attached hydrogen (secondary N) is 1. The van der Waals surface area contributed by atoms with Crippen molar-refractivity contribution >= 4 is 17.7 Å². The molecule has 40 heavy (non-hydrogen) atoms. The average Bonchev–Trinajstić information content (AvgIpc) is 3.38. The molecule has 0 aliphatic carbocycles. The lowest BCUT2D eigenvalue weighted by Gasteiger charge is -2.20. The van der Waals surface area contributed by atoms with Crippen LogP contribution < -0.4 is 5.32 Å². The number of aromatic nitrogens is 3. The summed E-state index contributed by atoms with van der Waals surface area (Å²) in [6, 6.07) is 27.0. The van der Waals surface area contributed by atoms with Crippen LogP contribution in [0.2, 0.25) is 0 Å². The fourth-order valence-corrected chi connectivity index (χ4v) is 5.78. The minimum Gasteiger partial charge on any atom is -0.346 e. The number of unbranched alkanes of at least 4 members (excludes halogenated alkanes) is 5. The molecule has 0 fully saturated rings. The van der Waals surface area contributed by atoms with Crippen molar-refractivity contribution in [2.75, 3.05) is 0 Å². The van der Waals surface area contributed by atoms with Gasteiger partial charge in [-0.2, -0.15) is 0 Å². The molecular formula is C34H42N4OS. The molecule has 0 aliphatic rings. The first-order chi connectivity index (χ1) is 19.5. The maximum Gasteiger partial charge on any atom is 0.220 e. The lowest BCUT2D eigenvalue weighted by Crippen LogP contribution is -2.31. The number of nitrogens with zero attached hydrogens (tertiary/aromatic N) is 3. The molecule has 1 atom stereocenters. The Morgan fingerprint density at radius 3 is 2.30 bits per heavy atom. The molecule has 0 aliphatic heterocycles. The number of carbonyl (C=O) groups excluding carboxylic acids is 1. The third kappa shape index (κ3) is 8.82. The molecule has 1 N–H and O–H groups in total. The molecule has 1 aromatic heterocycles. The zero-order valence-electron chi connectivity index (χ0n) is 24.1. The number of aryl methyl sites for hydroxylation is 2. The molecule has 0 saturated carbocycles. The first-order valence-corrected chi connectivity index (χ1v) is 15.6. The van der Waals surface area contributed by atoms with Gasteiger partial charge in [0.1, 0.15) is 0 Å². The number of hydrogen-bond donors (Lipinski definition) is 1. The van der Waals surface area contributed by atoms with Gasteiger partial charge in [0, 0.05) is 17.9 Å². The molecule has 5 nitrogen and oxygen atoms in total. The second-order valence-corrected chi connectivity index (χ2v) is 11.6. The Labute approximate surface area is 243 Å². The number of benzene rings is 3. The molecule has 0 saturated heterocycles. The van der Waals surface area contributed by atoms with Crippen LogP contribution in [0.3, 0.4) is 0 Å². The van der Waals surface area contributed by atoms with E-state index in [1.807, 2.05) is 18.2 Å². The smallest absolute Gasteiger partial charge is 0.220 e. The van der Waals surface area contributed by atoms with E-state index in [0.29, 0.717) is 12.8 Å². The maximum atomic E-state index is 13.2. The van der Waals surface area contributed by atoms with Gasteiger partial charge in [0.2, 0.25) is 5.91 Å². The van der Waals surface area contributed by atoms with E-state index in [2.05, 4.69) is 96.4 Å². The van der Waals surface area contributed by atoms with Gasteiger partial charge in [0.15, 0.2) is 11.0 Å². The highest BCUT2D eigenvalue weighted by Crippen LogP contribution is 2.29. The summed E-state index contributed by atoms with van der Waals surface area (Å²) in [5.41, 5.74) is 5.84. The Bertz CT molecular complexity index is 1330. The third-order valence-electron chi connectivity index (χ3n) is 7.09. The Kier molecular flexibility index (Phi) is 11.4. The highest BCUT2D eigenvalue weighted by molar-refractivity contribution is 7.98. The zero-order valence-corrected chi connectivity index (χ0v) is 24.9. The van der Waals surface area contributed by atoms with Gasteiger partial charge in [-0.3, -0.25) is 9.36 Å². The topological polar surface area (TPSA) is 59.8 Å². The van der Waals surface area contributed by atoms with E-state index in [4.69, 9.17) is 5.10 Å². The molecule has 210 valence electrons. The van der Waals surface area contributed by atoms with Crippen LogP contribution in [-0.4, -0.2) is 20.7 Å². The summed E-state index contributed by atoms with van der Waals surface area (Å²) in [5, 5.41) is 13.5. The van der Waals surface area contributed by atoms with Gasteiger partial charge < -0.3 is 5.32 Å². The highest BCUT2D eigenvalue weighted by atomic mass is 32.2. The van der Waals surface area contributed by atoms with E-state index in [1.54, 1.807) is 11.8 Å². The number of thioether (sulfide) groups is 1. The van der Waals surface area contributed by atoms with Gasteiger partial charge >= 0.3 is 0 Å². The normalized spacial score (nSPS) is 11.9. The minimum atomic E-state index is -0.294. The molecule has 0 spiro atoms. The van der Waals surface area contributed by atoms with Crippen LogP contribution >= 0.6 is 11.8 Å². The van der Waals surface area contributed by atoms with Crippen molar-refractivity contribution in [1.82, 2.24) is 20.1 Å². The monoisotopic (exact) mass is 554 g/mol. The van der Waals surface area contributed by atoms with E-state index in [-0.39, 0.29) is 11.9 Å². The third-order valence-corrected chi connectivity index (χ3v) is 8.09. The van der Waals surface area contributed by atoms with Crippen molar-refractivity contribution in [3.8, 4) is 5.69 Å². The second kappa shape index (κ2) is 15.4. The SMILES string of the molecule is CCCCCCCCC(=O)NC(Cc1ccccc1)c1nnc(SCc2cccc(C)c2)n1-c1ccc(C)cc1. The Morgan fingerprint density at radius 1 is 0.825 bits per heavy atom. The number of rotatable bonds is 15. The molecular weight excluding hydrogens is 512 g/mol. The summed E-state index contributed by atoms with van der Waals surface area (Å²) in [5.74, 6) is 1.62.